The highest BCUT2D eigenvalue weighted by Crippen LogP contribution is 2.41. The zero-order valence-corrected chi connectivity index (χ0v) is 21.8. The lowest BCUT2D eigenvalue weighted by molar-refractivity contribution is 0.260. The molecule has 2 saturated heterocycles. The molecule has 4 rings (SSSR count). The van der Waals surface area contributed by atoms with Gasteiger partial charge in [0.1, 0.15) is 36.9 Å². The van der Waals surface area contributed by atoms with Crippen molar-refractivity contribution < 1.29 is 27.4 Å². The summed E-state index contributed by atoms with van der Waals surface area (Å²) < 4.78 is 50.3. The molecular formula is C18H14Br4O6S. The van der Waals surface area contributed by atoms with Gasteiger partial charge in [0.25, 0.3) is 0 Å². The molecule has 11 heteroatoms. The number of sulfone groups is 1. The van der Waals surface area contributed by atoms with Crippen molar-refractivity contribution >= 4 is 73.6 Å². The van der Waals surface area contributed by atoms with E-state index < -0.39 is 9.84 Å². The van der Waals surface area contributed by atoms with Crippen molar-refractivity contribution in [3.8, 4) is 11.5 Å². The third-order valence-corrected chi connectivity index (χ3v) is 8.26. The van der Waals surface area contributed by atoms with Gasteiger partial charge < -0.3 is 18.9 Å². The predicted molar refractivity (Wildman–Crippen MR) is 120 cm³/mol. The van der Waals surface area contributed by atoms with E-state index >= 15 is 0 Å². The van der Waals surface area contributed by atoms with Crippen molar-refractivity contribution in [3.63, 3.8) is 0 Å². The molecule has 2 aromatic rings. The summed E-state index contributed by atoms with van der Waals surface area (Å²) in [6.07, 6.45) is 0.193. The SMILES string of the molecule is O=S(=O)(c1cc(Br)c(OC[C@@H]2CO2)c(Br)c1)c1cc(Br)c(OC[C@@H]2CO2)c(Br)c1. The average molecular weight is 678 g/mol. The van der Waals surface area contributed by atoms with Gasteiger partial charge in [-0.1, -0.05) is 0 Å². The monoisotopic (exact) mass is 674 g/mol. The van der Waals surface area contributed by atoms with Crippen molar-refractivity contribution in [1.29, 1.82) is 0 Å². The molecule has 0 amide bonds. The fourth-order valence-corrected chi connectivity index (χ4v) is 7.28. The molecular weight excluding hydrogens is 664 g/mol. The number of benzene rings is 2. The van der Waals surface area contributed by atoms with Crippen LogP contribution in [0.3, 0.4) is 0 Å². The van der Waals surface area contributed by atoms with Gasteiger partial charge in [-0.15, -0.1) is 0 Å². The van der Waals surface area contributed by atoms with E-state index in [0.29, 0.717) is 55.8 Å². The minimum Gasteiger partial charge on any atom is -0.488 e. The first-order valence-corrected chi connectivity index (χ1v) is 13.1. The van der Waals surface area contributed by atoms with Gasteiger partial charge in [-0.05, 0) is 88.0 Å². The van der Waals surface area contributed by atoms with Gasteiger partial charge in [0.05, 0.1) is 40.9 Å². The molecule has 0 radical (unpaired) electrons. The lowest BCUT2D eigenvalue weighted by Crippen LogP contribution is -2.08. The van der Waals surface area contributed by atoms with E-state index in [1.807, 2.05) is 0 Å². The summed E-state index contributed by atoms with van der Waals surface area (Å²) >= 11 is 13.6. The van der Waals surface area contributed by atoms with E-state index in [1.54, 1.807) is 0 Å². The molecule has 0 bridgehead atoms. The molecule has 2 aromatic carbocycles. The van der Waals surface area contributed by atoms with Crippen LogP contribution in [0.5, 0.6) is 11.5 Å². The summed E-state index contributed by atoms with van der Waals surface area (Å²) in [4.78, 5) is 0.259. The van der Waals surface area contributed by atoms with Gasteiger partial charge in [-0.3, -0.25) is 0 Å². The van der Waals surface area contributed by atoms with Crippen LogP contribution in [0.25, 0.3) is 0 Å². The number of hydrogen-bond acceptors (Lipinski definition) is 6. The van der Waals surface area contributed by atoms with Crippen LogP contribution in [0.2, 0.25) is 0 Å². The zero-order chi connectivity index (χ0) is 20.8. The largest absolute Gasteiger partial charge is 0.488 e. The molecule has 2 heterocycles. The van der Waals surface area contributed by atoms with Gasteiger partial charge in [0, 0.05) is 0 Å². The molecule has 2 atom stereocenters. The zero-order valence-electron chi connectivity index (χ0n) is 14.7. The summed E-state index contributed by atoms with van der Waals surface area (Å²) in [6.45, 7) is 2.19. The van der Waals surface area contributed by atoms with E-state index in [-0.39, 0.29) is 22.0 Å². The van der Waals surface area contributed by atoms with Gasteiger partial charge >= 0.3 is 0 Å². The topological polar surface area (TPSA) is 77.7 Å². The summed E-state index contributed by atoms with van der Waals surface area (Å²) in [5.41, 5.74) is 0. The van der Waals surface area contributed by atoms with E-state index in [2.05, 4.69) is 63.7 Å². The van der Waals surface area contributed by atoms with Gasteiger partial charge in [0.2, 0.25) is 9.84 Å². The van der Waals surface area contributed by atoms with Crippen LogP contribution in [0.4, 0.5) is 0 Å². The summed E-state index contributed by atoms with van der Waals surface area (Å²) in [5, 5.41) is 0. The molecule has 0 aliphatic carbocycles. The van der Waals surface area contributed by atoms with Crippen LogP contribution in [-0.2, 0) is 19.3 Å². The van der Waals surface area contributed by atoms with Crippen molar-refractivity contribution in [1.82, 2.24) is 0 Å². The maximum Gasteiger partial charge on any atom is 0.206 e. The molecule has 2 aliphatic rings. The standard InChI is InChI=1S/C18H14Br4O6S/c19-13-1-11(2-14(20)17(13)27-7-9-5-25-9)29(23,24)12-3-15(21)18(16(22)4-12)28-8-10-6-26-10/h1-4,9-10H,5-8H2/t9-,10-/m0/s1. The molecule has 6 nitrogen and oxygen atoms in total. The first-order chi connectivity index (χ1) is 13.8. The molecule has 0 saturated carbocycles. The number of rotatable bonds is 8. The highest BCUT2D eigenvalue weighted by molar-refractivity contribution is 9.11. The maximum absolute atomic E-state index is 13.2. The van der Waals surface area contributed by atoms with E-state index in [0.717, 1.165) is 0 Å². The maximum atomic E-state index is 13.2. The van der Waals surface area contributed by atoms with Crippen molar-refractivity contribution in [2.75, 3.05) is 26.4 Å². The Kier molecular flexibility index (Phi) is 6.66. The van der Waals surface area contributed by atoms with Gasteiger partial charge in [0.15, 0.2) is 0 Å². The van der Waals surface area contributed by atoms with E-state index in [1.165, 1.54) is 24.3 Å². The second kappa shape index (κ2) is 8.76. The molecule has 156 valence electrons. The number of hydrogen-bond donors (Lipinski definition) is 0. The van der Waals surface area contributed by atoms with Crippen LogP contribution in [0.1, 0.15) is 0 Å². The number of epoxide rings is 2. The Hall–Kier alpha value is -0.170. The second-order valence-corrected chi connectivity index (χ2v) is 11.8. The minimum atomic E-state index is -3.78. The molecule has 2 aliphatic heterocycles. The lowest BCUT2D eigenvalue weighted by Gasteiger charge is -2.14. The fourth-order valence-electron chi connectivity index (χ4n) is 2.48. The predicted octanol–water partition coefficient (Wildman–Crippen LogP) is 5.12. The van der Waals surface area contributed by atoms with Crippen LogP contribution in [-0.4, -0.2) is 47.1 Å². The van der Waals surface area contributed by atoms with E-state index in [4.69, 9.17) is 18.9 Å². The third-order valence-electron chi connectivity index (χ3n) is 4.20. The summed E-state index contributed by atoms with van der Waals surface area (Å²) in [5.74, 6) is 1.07. The van der Waals surface area contributed by atoms with Crippen molar-refractivity contribution in [2.45, 2.75) is 22.0 Å². The smallest absolute Gasteiger partial charge is 0.206 e. The first kappa shape index (κ1) is 22.0. The fraction of sp³-hybridized carbons (Fsp3) is 0.333. The average Bonchev–Trinajstić information content (AvgIpc) is 3.54. The normalized spacial score (nSPS) is 20.4. The van der Waals surface area contributed by atoms with Gasteiger partial charge in [-0.2, -0.15) is 0 Å². The Morgan fingerprint density at radius 2 is 1.07 bits per heavy atom. The Bertz CT molecular complexity index is 927. The van der Waals surface area contributed by atoms with Crippen LogP contribution >= 0.6 is 63.7 Å². The van der Waals surface area contributed by atoms with Crippen LogP contribution in [0.15, 0.2) is 51.9 Å². The van der Waals surface area contributed by atoms with Crippen molar-refractivity contribution in [3.05, 3.63) is 42.2 Å². The third kappa shape index (κ3) is 5.19. The first-order valence-electron chi connectivity index (χ1n) is 8.47. The van der Waals surface area contributed by atoms with E-state index in [9.17, 15) is 8.42 Å². The lowest BCUT2D eigenvalue weighted by atomic mass is 10.3. The molecule has 0 N–H and O–H groups in total. The summed E-state index contributed by atoms with van der Waals surface area (Å²) in [6, 6.07) is 6.11. The molecule has 0 unspecified atom stereocenters. The highest BCUT2D eigenvalue weighted by atomic mass is 79.9. The minimum absolute atomic E-state index is 0.0964. The number of ether oxygens (including phenoxy) is 4. The molecule has 0 spiro atoms. The van der Waals surface area contributed by atoms with Crippen LogP contribution < -0.4 is 9.47 Å². The van der Waals surface area contributed by atoms with Crippen LogP contribution in [0, 0.1) is 0 Å². The Balaban J connectivity index is 1.61. The van der Waals surface area contributed by atoms with Gasteiger partial charge in [-0.25, -0.2) is 8.42 Å². The Morgan fingerprint density at radius 3 is 1.34 bits per heavy atom. The molecule has 0 aromatic heterocycles. The number of halogens is 4. The molecule has 2 fully saturated rings. The Labute approximate surface area is 201 Å². The Morgan fingerprint density at radius 1 is 0.759 bits per heavy atom. The quantitative estimate of drug-likeness (QED) is 0.361. The van der Waals surface area contributed by atoms with Crippen molar-refractivity contribution in [2.24, 2.45) is 0 Å². The second-order valence-electron chi connectivity index (χ2n) is 6.47. The highest BCUT2D eigenvalue weighted by Gasteiger charge is 2.27. The molecule has 29 heavy (non-hydrogen) atoms. The summed E-state index contributed by atoms with van der Waals surface area (Å²) in [7, 11) is -3.78.